The van der Waals surface area contributed by atoms with Crippen molar-refractivity contribution in [1.82, 2.24) is 9.88 Å². The molecule has 0 N–H and O–H groups in total. The van der Waals surface area contributed by atoms with Gasteiger partial charge in [0, 0.05) is 24.8 Å². The highest BCUT2D eigenvalue weighted by Crippen LogP contribution is 2.13. The molecule has 0 unspecified atom stereocenters. The van der Waals surface area contributed by atoms with E-state index in [1.165, 1.54) is 0 Å². The Labute approximate surface area is 108 Å². The van der Waals surface area contributed by atoms with Crippen molar-refractivity contribution in [2.75, 3.05) is 13.6 Å². The van der Waals surface area contributed by atoms with E-state index < -0.39 is 0 Å². The molecule has 0 saturated carbocycles. The largest absolute Gasteiger partial charge is 0.341 e. The average Bonchev–Trinajstić information content (AvgIpc) is 2.26. The zero-order valence-electron chi connectivity index (χ0n) is 10.8. The molecule has 0 radical (unpaired) electrons. The molecule has 1 aromatic rings. The second-order valence-electron chi connectivity index (χ2n) is 4.60. The summed E-state index contributed by atoms with van der Waals surface area (Å²) in [5.41, 5.74) is 1.46. The van der Waals surface area contributed by atoms with Crippen molar-refractivity contribution in [3.8, 4) is 0 Å². The molecule has 0 spiro atoms. The number of carbonyl (C=O) groups is 1. The highest BCUT2D eigenvalue weighted by molar-refractivity contribution is 6.29. The Hall–Kier alpha value is -1.09. The molecule has 1 rings (SSSR count). The smallest absolute Gasteiger partial charge is 0.253 e. The van der Waals surface area contributed by atoms with E-state index in [-0.39, 0.29) is 5.91 Å². The van der Waals surface area contributed by atoms with E-state index in [4.69, 9.17) is 11.6 Å². The summed E-state index contributed by atoms with van der Waals surface area (Å²) in [7, 11) is 1.81. The van der Waals surface area contributed by atoms with Gasteiger partial charge in [0.1, 0.15) is 5.15 Å². The van der Waals surface area contributed by atoms with Gasteiger partial charge in [0.05, 0.1) is 0 Å². The van der Waals surface area contributed by atoms with Gasteiger partial charge in [0.2, 0.25) is 0 Å². The lowest BCUT2D eigenvalue weighted by molar-refractivity contribution is 0.0779. The molecule has 1 amide bonds. The fraction of sp³-hybridized carbons (Fsp3) is 0.538. The molecule has 4 heteroatoms. The third-order valence-electron chi connectivity index (χ3n) is 2.44. The van der Waals surface area contributed by atoms with Crippen LogP contribution in [-0.2, 0) is 6.42 Å². The lowest BCUT2D eigenvalue weighted by Crippen LogP contribution is -2.30. The van der Waals surface area contributed by atoms with Crippen molar-refractivity contribution >= 4 is 17.5 Å². The number of amides is 1. The summed E-state index contributed by atoms with van der Waals surface area (Å²) < 4.78 is 0. The van der Waals surface area contributed by atoms with E-state index in [9.17, 15) is 4.79 Å². The Kier molecular flexibility index (Phi) is 4.94. The van der Waals surface area contributed by atoms with Crippen LogP contribution in [0.15, 0.2) is 12.1 Å². The summed E-state index contributed by atoms with van der Waals surface area (Å²) >= 11 is 5.90. The molecule has 0 aromatic carbocycles. The van der Waals surface area contributed by atoms with Crippen LogP contribution in [0.2, 0.25) is 5.15 Å². The quantitative estimate of drug-likeness (QED) is 0.774. The third-order valence-corrected chi connectivity index (χ3v) is 2.64. The van der Waals surface area contributed by atoms with Crippen LogP contribution in [0.5, 0.6) is 0 Å². The van der Waals surface area contributed by atoms with Crippen molar-refractivity contribution < 1.29 is 4.79 Å². The molecular weight excluding hydrogens is 236 g/mol. The Morgan fingerprint density at radius 3 is 2.65 bits per heavy atom. The maximum Gasteiger partial charge on any atom is 0.253 e. The summed E-state index contributed by atoms with van der Waals surface area (Å²) in [6.45, 7) is 6.90. The van der Waals surface area contributed by atoms with Gasteiger partial charge in [-0.2, -0.15) is 0 Å². The van der Waals surface area contributed by atoms with Gasteiger partial charge in [-0.25, -0.2) is 4.98 Å². The Morgan fingerprint density at radius 2 is 2.12 bits per heavy atom. The molecule has 0 fully saturated rings. The van der Waals surface area contributed by atoms with E-state index in [2.05, 4.69) is 18.8 Å². The molecular formula is C13H19ClN2O. The Morgan fingerprint density at radius 1 is 1.47 bits per heavy atom. The lowest BCUT2D eigenvalue weighted by atomic mass is 10.1. The molecule has 0 aliphatic rings. The number of halogens is 1. The minimum Gasteiger partial charge on any atom is -0.341 e. The van der Waals surface area contributed by atoms with E-state index in [0.29, 0.717) is 16.6 Å². The predicted octanol–water partition coefficient (Wildman–Crippen LogP) is 3.03. The van der Waals surface area contributed by atoms with E-state index >= 15 is 0 Å². The van der Waals surface area contributed by atoms with Crippen LogP contribution in [0.1, 0.15) is 36.8 Å². The van der Waals surface area contributed by atoms with Gasteiger partial charge in [-0.15, -0.1) is 0 Å². The van der Waals surface area contributed by atoms with Crippen molar-refractivity contribution in [3.63, 3.8) is 0 Å². The Bertz CT molecular complexity index is 404. The van der Waals surface area contributed by atoms with Gasteiger partial charge in [0.15, 0.2) is 0 Å². The second kappa shape index (κ2) is 6.01. The van der Waals surface area contributed by atoms with Crippen LogP contribution in [0.3, 0.4) is 0 Å². The number of hydrogen-bond donors (Lipinski definition) is 0. The number of hydrogen-bond acceptors (Lipinski definition) is 2. The van der Waals surface area contributed by atoms with Crippen LogP contribution < -0.4 is 0 Å². The van der Waals surface area contributed by atoms with Crippen LogP contribution >= 0.6 is 11.6 Å². The lowest BCUT2D eigenvalue weighted by Gasteiger charge is -2.19. The highest BCUT2D eigenvalue weighted by atomic mass is 35.5. The fourth-order valence-corrected chi connectivity index (χ4v) is 1.93. The molecule has 1 heterocycles. The number of aromatic nitrogens is 1. The van der Waals surface area contributed by atoms with Crippen molar-refractivity contribution in [3.05, 3.63) is 28.5 Å². The monoisotopic (exact) mass is 254 g/mol. The predicted molar refractivity (Wildman–Crippen MR) is 70.4 cm³/mol. The topological polar surface area (TPSA) is 33.2 Å². The first kappa shape index (κ1) is 14.0. The van der Waals surface area contributed by atoms with Crippen molar-refractivity contribution in [1.29, 1.82) is 0 Å². The van der Waals surface area contributed by atoms with Gasteiger partial charge in [-0.3, -0.25) is 4.79 Å². The molecule has 0 saturated heterocycles. The molecule has 94 valence electrons. The maximum atomic E-state index is 12.1. The SMILES string of the molecule is CCc1cc(C(=O)N(C)CC(C)C)cc(Cl)n1. The third kappa shape index (κ3) is 4.00. The zero-order valence-corrected chi connectivity index (χ0v) is 11.6. The minimum atomic E-state index is -0.00213. The minimum absolute atomic E-state index is 0.00213. The summed E-state index contributed by atoms with van der Waals surface area (Å²) in [5.74, 6) is 0.449. The molecule has 1 aromatic heterocycles. The van der Waals surface area contributed by atoms with E-state index in [0.717, 1.165) is 18.7 Å². The van der Waals surface area contributed by atoms with Crippen LogP contribution in [0.25, 0.3) is 0 Å². The molecule has 3 nitrogen and oxygen atoms in total. The number of nitrogens with zero attached hydrogens (tertiary/aromatic N) is 2. The number of carbonyl (C=O) groups excluding carboxylic acids is 1. The molecule has 0 atom stereocenters. The van der Waals surface area contributed by atoms with Gasteiger partial charge in [-0.05, 0) is 24.5 Å². The van der Waals surface area contributed by atoms with Gasteiger partial charge >= 0.3 is 0 Å². The van der Waals surface area contributed by atoms with Gasteiger partial charge < -0.3 is 4.90 Å². The summed E-state index contributed by atoms with van der Waals surface area (Å²) in [6.07, 6.45) is 0.773. The number of pyridine rings is 1. The summed E-state index contributed by atoms with van der Waals surface area (Å²) in [6, 6.07) is 3.44. The highest BCUT2D eigenvalue weighted by Gasteiger charge is 2.14. The normalized spacial score (nSPS) is 10.7. The summed E-state index contributed by atoms with van der Waals surface area (Å²) in [5, 5.41) is 0.380. The maximum absolute atomic E-state index is 12.1. The summed E-state index contributed by atoms with van der Waals surface area (Å²) in [4.78, 5) is 18.0. The van der Waals surface area contributed by atoms with Gasteiger partial charge in [-0.1, -0.05) is 32.4 Å². The number of aryl methyl sites for hydroxylation is 1. The first-order chi connectivity index (χ1) is 7.93. The molecule has 17 heavy (non-hydrogen) atoms. The number of rotatable bonds is 4. The first-order valence-corrected chi connectivity index (χ1v) is 6.23. The Balaban J connectivity index is 2.91. The fourth-order valence-electron chi connectivity index (χ4n) is 1.71. The first-order valence-electron chi connectivity index (χ1n) is 5.86. The van der Waals surface area contributed by atoms with E-state index in [1.54, 1.807) is 11.0 Å². The van der Waals surface area contributed by atoms with Crippen molar-refractivity contribution in [2.24, 2.45) is 5.92 Å². The molecule has 0 aliphatic heterocycles. The van der Waals surface area contributed by atoms with Crippen LogP contribution in [-0.4, -0.2) is 29.4 Å². The molecule has 0 bridgehead atoms. The van der Waals surface area contributed by atoms with Crippen LogP contribution in [0, 0.1) is 5.92 Å². The van der Waals surface area contributed by atoms with E-state index in [1.807, 2.05) is 20.0 Å². The zero-order chi connectivity index (χ0) is 13.0. The van der Waals surface area contributed by atoms with Crippen molar-refractivity contribution in [2.45, 2.75) is 27.2 Å². The van der Waals surface area contributed by atoms with Gasteiger partial charge in [0.25, 0.3) is 5.91 Å². The molecule has 0 aliphatic carbocycles. The average molecular weight is 255 g/mol. The standard InChI is InChI=1S/C13H19ClN2O/c1-5-11-6-10(7-12(14)15-11)13(17)16(4)8-9(2)3/h6-7,9H,5,8H2,1-4H3. The second-order valence-corrected chi connectivity index (χ2v) is 4.99. The van der Waals surface area contributed by atoms with Crippen LogP contribution in [0.4, 0.5) is 0 Å².